The van der Waals surface area contributed by atoms with Crippen molar-refractivity contribution in [3.63, 3.8) is 0 Å². The largest absolute Gasteiger partial charge is 1.00 e. The first kappa shape index (κ1) is 99.6. The summed E-state index contributed by atoms with van der Waals surface area (Å²) in [7, 11) is 0. The van der Waals surface area contributed by atoms with Gasteiger partial charge < -0.3 is 88.4 Å². The number of ether oxygens (including phenoxy) is 3. The number of aromatic nitrogens is 8. The summed E-state index contributed by atoms with van der Waals surface area (Å²) >= 11 is 0. The van der Waals surface area contributed by atoms with Crippen LogP contribution in [0.15, 0.2) is 327 Å². The zero-order valence-corrected chi connectivity index (χ0v) is 83.2. The Kier molecular flexibility index (Phi) is 32.2. The highest BCUT2D eigenvalue weighted by Crippen LogP contribution is 2.40. The second-order valence-corrected chi connectivity index (χ2v) is 36.5. The summed E-state index contributed by atoms with van der Waals surface area (Å²) in [5.74, 6) is 2.02. The third-order valence-electron chi connectivity index (χ3n) is 27.4. The van der Waals surface area contributed by atoms with Gasteiger partial charge in [0.15, 0.2) is 43.7 Å². The van der Waals surface area contributed by atoms with Crippen LogP contribution < -0.4 is 84.3 Å². The Hall–Kier alpha value is -13.4. The molecule has 0 amide bonds. The van der Waals surface area contributed by atoms with Crippen molar-refractivity contribution in [2.75, 3.05) is 6.61 Å². The summed E-state index contributed by atoms with van der Waals surface area (Å²) in [6.45, 7) is 14.2. The molecule has 0 bridgehead atoms. The molecule has 140 heavy (non-hydrogen) atoms. The Morgan fingerprint density at radius 2 is 0.657 bits per heavy atom. The van der Waals surface area contributed by atoms with Crippen LogP contribution in [0.1, 0.15) is 131 Å². The van der Waals surface area contributed by atoms with Gasteiger partial charge in [0.25, 0.3) is 0 Å². The molecule has 0 atom stereocenters. The van der Waals surface area contributed by atoms with Gasteiger partial charge in [-0.25, -0.2) is 30.7 Å². The summed E-state index contributed by atoms with van der Waals surface area (Å²) in [4.78, 5) is 15.1. The maximum absolute atomic E-state index is 14.5. The van der Waals surface area contributed by atoms with Crippen molar-refractivity contribution in [1.29, 1.82) is 0 Å². The predicted molar refractivity (Wildman–Crippen MR) is 531 cm³/mol. The summed E-state index contributed by atoms with van der Waals surface area (Å²) in [6.07, 6.45) is 21.4. The van der Waals surface area contributed by atoms with Gasteiger partial charge in [0.2, 0.25) is 17.1 Å². The molecule has 0 saturated heterocycles. The van der Waals surface area contributed by atoms with E-state index < -0.39 is 0 Å². The molecule has 22 rings (SSSR count). The zero-order chi connectivity index (χ0) is 94.2. The first-order valence-electron chi connectivity index (χ1n) is 47.4. The number of fused-ring (bicyclic) bond motifs is 12. The van der Waals surface area contributed by atoms with E-state index in [1.54, 1.807) is 97.1 Å². The molecular weight excluding hydrogens is 1970 g/mol. The van der Waals surface area contributed by atoms with Crippen LogP contribution in [0.2, 0.25) is 0 Å². The maximum atomic E-state index is 14.5. The molecule has 12 nitrogen and oxygen atoms in total. The fourth-order valence-corrected chi connectivity index (χ4v) is 20.1. The van der Waals surface area contributed by atoms with Crippen molar-refractivity contribution < 1.29 is 110 Å². The lowest BCUT2D eigenvalue weighted by atomic mass is 9.89. The number of rotatable bonds is 23. The van der Waals surface area contributed by atoms with Gasteiger partial charge in [0.05, 0.1) is 45.3 Å². The lowest BCUT2D eigenvalue weighted by Crippen LogP contribution is -3.00. The monoisotopic (exact) mass is 2070 g/mol. The van der Waals surface area contributed by atoms with Crippen LogP contribution in [-0.4, -0.2) is 29.9 Å². The lowest BCUT2D eigenvalue weighted by Gasteiger charge is -2.23. The Labute approximate surface area is 840 Å². The quantitative estimate of drug-likeness (QED) is 0.0510. The van der Waals surface area contributed by atoms with E-state index in [4.69, 9.17) is 14.2 Å². The smallest absolute Gasteiger partial charge is 0.203 e. The lowest BCUT2D eigenvalue weighted by molar-refractivity contribution is -0.693. The average molecular weight is 2070 g/mol. The van der Waals surface area contributed by atoms with Gasteiger partial charge in [0, 0.05) is 150 Å². The van der Waals surface area contributed by atoms with Crippen LogP contribution in [0.3, 0.4) is 0 Å². The van der Waals surface area contributed by atoms with Gasteiger partial charge in [-0.15, -0.1) is 0 Å². The molecule has 22 heteroatoms. The highest BCUT2D eigenvalue weighted by molar-refractivity contribution is 6.11. The number of halogens is 10. The van der Waals surface area contributed by atoms with Gasteiger partial charge in [-0.2, -0.15) is 13.7 Å². The summed E-state index contributed by atoms with van der Waals surface area (Å²) < 4.78 is 130. The molecule has 20 aromatic rings. The number of nitrogens with zero attached hydrogens (tertiary/aromatic N) is 7. The highest BCUT2D eigenvalue weighted by atomic mass is 79.9. The Morgan fingerprint density at radius 3 is 1.09 bits per heavy atom. The molecule has 0 radical (unpaired) electrons. The minimum absolute atomic E-state index is 0. The standard InChI is InChI=1S/2C33H26F3N2O.C33H40FN2O.C19H16N2O.3BrH/c1-22-33-31(16-17-37(22)19-23-2-8-26(34)9-3-23)30-15-14-29(39-21-25-6-12-28(36)13-7-25)18-32(30)38(33)20-24-4-10-27(35)11-5-24;1-22-33-30(16-17-37(22)20-25-4-2-3-5-31(25)36)29-15-14-28(39-21-24-8-12-27(35)13-9-24)18-32(29)38(33)19-23-6-10-26(34)11-7-23;1-24-33-30(18-19-35(24)22-27-14-8-9-15-31(27)34)29-17-16-28(37-23-26-12-6-3-7-13-26)20-32(29)36(33)21-25-10-4-2-5-11-25;1-13-19-17(9-10-20-13)16-8-7-15(22)11-18(16)21(19)12-14-5-3-2-4-6-14;;;/h2*2-18H,19-21H2,1H3;8-9,14-20,25-26H,2-7,10-13,21-23H2,1H3;2-11,20H,12H2,1H3;3*1H/q3*+1;;;;/p-3. The molecule has 0 aliphatic heterocycles. The van der Waals surface area contributed by atoms with Crippen LogP contribution in [-0.2, 0) is 59.0 Å². The molecule has 0 unspecified atom stereocenters. The fraction of sp³-hybridized carbons (Fsp3) is 0.220. The van der Waals surface area contributed by atoms with E-state index in [0.717, 1.165) is 136 Å². The molecule has 2 fully saturated rings. The predicted octanol–water partition coefficient (Wildman–Crippen LogP) is 17.9. The molecule has 12 aromatic carbocycles. The first-order valence-corrected chi connectivity index (χ1v) is 47.4. The fourth-order valence-electron chi connectivity index (χ4n) is 20.1. The zero-order valence-electron chi connectivity index (χ0n) is 78.4. The van der Waals surface area contributed by atoms with E-state index in [1.807, 2.05) is 96.7 Å². The summed E-state index contributed by atoms with van der Waals surface area (Å²) in [6, 6.07) is 88.8. The third-order valence-corrected chi connectivity index (χ3v) is 27.4. The van der Waals surface area contributed by atoms with E-state index in [-0.39, 0.29) is 97.1 Å². The molecule has 2 saturated carbocycles. The Morgan fingerprint density at radius 1 is 0.314 bits per heavy atom. The second-order valence-electron chi connectivity index (χ2n) is 36.5. The number of aryl methyl sites for hydroxylation is 4. The summed E-state index contributed by atoms with van der Waals surface area (Å²) in [5, 5.41) is 9.19. The maximum Gasteiger partial charge on any atom is 0.203 e. The topological polar surface area (TPSA) is 91.9 Å². The number of H-pyrrole nitrogens is 1. The summed E-state index contributed by atoms with van der Waals surface area (Å²) in [5.41, 5.74) is 20.4. The van der Waals surface area contributed by atoms with Gasteiger partial charge in [-0.3, -0.25) is 4.79 Å². The van der Waals surface area contributed by atoms with E-state index in [0.29, 0.717) is 74.8 Å². The minimum atomic E-state index is -0.284. The molecule has 2 aliphatic rings. The van der Waals surface area contributed by atoms with Crippen LogP contribution in [0.4, 0.5) is 30.7 Å². The van der Waals surface area contributed by atoms with Crippen LogP contribution in [0.5, 0.6) is 17.2 Å². The van der Waals surface area contributed by atoms with Crippen molar-refractivity contribution in [3.05, 3.63) is 440 Å². The Balaban J connectivity index is 0.000000136. The van der Waals surface area contributed by atoms with Gasteiger partial charge >= 0.3 is 0 Å². The molecular formula is C118H108Br3F7N8O4. The van der Waals surface area contributed by atoms with Gasteiger partial charge in [0.1, 0.15) is 87.7 Å². The SMILES string of the molecule is Cc1[nH]ccc2c3ccc(=O)cc3n(Cc3ccccc3)c12.Cc1c2c(cc[n+]1Cc1ccc(F)cc1)c1ccc(OCc3ccc(F)cc3)cc1n2Cc1ccc(F)cc1.Cc1c2c(cc[n+]1Cc1ccccc1F)c1ccc(OCC3CCCCC3)cc1n2CC1CCCCC1.Cc1c2c(cc[n+]1Cc1ccccc1F)c1ccc(OCc3ccc(F)cc3)cc1n2Cc1ccc(F)cc1.[Br-].[Br-].[Br-]. The number of aromatic amines is 1. The van der Waals surface area contributed by atoms with E-state index in [2.05, 4.69) is 126 Å². The highest BCUT2D eigenvalue weighted by Gasteiger charge is 2.28. The van der Waals surface area contributed by atoms with Crippen molar-refractivity contribution in [3.8, 4) is 17.2 Å². The third kappa shape index (κ3) is 22.5. The normalized spacial score (nSPS) is 12.8. The molecule has 2 aliphatic carbocycles. The molecule has 8 heterocycles. The number of pyridine rings is 4. The molecule has 1 N–H and O–H groups in total. The van der Waals surface area contributed by atoms with Crippen LogP contribution in [0, 0.1) is 80.3 Å². The van der Waals surface area contributed by atoms with Crippen molar-refractivity contribution in [2.45, 2.75) is 151 Å². The number of hydrogen-bond acceptors (Lipinski definition) is 4. The van der Waals surface area contributed by atoms with E-state index in [9.17, 15) is 35.5 Å². The van der Waals surface area contributed by atoms with E-state index in [1.165, 1.54) is 169 Å². The number of nitrogens with one attached hydrogen (secondary N) is 1. The second kappa shape index (κ2) is 45.2. The molecule has 0 spiro atoms. The number of hydrogen-bond donors (Lipinski definition) is 1. The molecule has 8 aromatic heterocycles. The first-order chi connectivity index (χ1) is 66.8. The molecule has 714 valence electrons. The van der Waals surface area contributed by atoms with Crippen LogP contribution >= 0.6 is 0 Å². The van der Waals surface area contributed by atoms with Crippen molar-refractivity contribution >= 4 is 87.2 Å². The average Bonchev–Trinajstić information content (AvgIpc) is 1.61. The Bertz CT molecular complexity index is 7810. The van der Waals surface area contributed by atoms with E-state index >= 15 is 0 Å². The number of benzene rings is 12. The van der Waals surface area contributed by atoms with Crippen molar-refractivity contribution in [1.82, 2.24) is 23.3 Å². The van der Waals surface area contributed by atoms with Gasteiger partial charge in [-0.05, 0) is 224 Å². The van der Waals surface area contributed by atoms with Gasteiger partial charge in [-0.1, -0.05) is 142 Å². The minimum Gasteiger partial charge on any atom is -1.00 e. The van der Waals surface area contributed by atoms with Crippen molar-refractivity contribution in [2.24, 2.45) is 11.8 Å². The van der Waals surface area contributed by atoms with Crippen LogP contribution in [0.25, 0.3) is 87.2 Å².